The fourth-order valence-corrected chi connectivity index (χ4v) is 1.82. The van der Waals surface area contributed by atoms with Gasteiger partial charge in [0.15, 0.2) is 0 Å². The number of benzene rings is 1. The van der Waals surface area contributed by atoms with E-state index in [1.165, 1.54) is 12.8 Å². The highest BCUT2D eigenvalue weighted by Crippen LogP contribution is 2.21. The van der Waals surface area contributed by atoms with Crippen LogP contribution in [0.4, 0.5) is 11.4 Å². The lowest BCUT2D eigenvalue weighted by Gasteiger charge is -2.15. The Labute approximate surface area is 102 Å². The van der Waals surface area contributed by atoms with Gasteiger partial charge in [0.1, 0.15) is 0 Å². The molecule has 0 amide bonds. The van der Waals surface area contributed by atoms with Gasteiger partial charge in [0.2, 0.25) is 0 Å². The molecule has 94 valence electrons. The molecule has 4 heteroatoms. The Morgan fingerprint density at radius 3 is 2.71 bits per heavy atom. The fourth-order valence-electron chi connectivity index (χ4n) is 1.82. The maximum Gasteiger partial charge on any atom is 0.271 e. The summed E-state index contributed by atoms with van der Waals surface area (Å²) in [6.07, 6.45) is 3.42. The second-order valence-electron chi connectivity index (χ2n) is 4.50. The van der Waals surface area contributed by atoms with Crippen LogP contribution in [0.5, 0.6) is 0 Å². The smallest absolute Gasteiger partial charge is 0.271 e. The summed E-state index contributed by atoms with van der Waals surface area (Å²) in [5, 5.41) is 14.0. The quantitative estimate of drug-likeness (QED) is 0.602. The first kappa shape index (κ1) is 13.5. The molecular weight excluding hydrogens is 216 g/mol. The van der Waals surface area contributed by atoms with Gasteiger partial charge < -0.3 is 5.32 Å². The molecule has 1 atom stereocenters. The van der Waals surface area contributed by atoms with E-state index in [1.54, 1.807) is 12.1 Å². The molecule has 1 N–H and O–H groups in total. The lowest BCUT2D eigenvalue weighted by Crippen LogP contribution is -2.14. The minimum absolute atomic E-state index is 0.148. The molecule has 1 aromatic carbocycles. The zero-order chi connectivity index (χ0) is 12.8. The van der Waals surface area contributed by atoms with Crippen molar-refractivity contribution in [2.45, 2.75) is 46.1 Å². The van der Waals surface area contributed by atoms with Crippen LogP contribution in [0.2, 0.25) is 0 Å². The summed E-state index contributed by atoms with van der Waals surface area (Å²) in [6.45, 7) is 6.13. The van der Waals surface area contributed by atoms with Gasteiger partial charge in [-0.15, -0.1) is 0 Å². The zero-order valence-corrected chi connectivity index (χ0v) is 10.7. The topological polar surface area (TPSA) is 55.2 Å². The highest BCUT2D eigenvalue weighted by Gasteiger charge is 2.09. The first-order valence-electron chi connectivity index (χ1n) is 6.05. The average molecular weight is 236 g/mol. The number of anilines is 1. The molecule has 1 aromatic rings. The van der Waals surface area contributed by atoms with Crippen LogP contribution in [0.3, 0.4) is 0 Å². The third kappa shape index (κ3) is 4.43. The first-order valence-corrected chi connectivity index (χ1v) is 6.05. The van der Waals surface area contributed by atoms with Gasteiger partial charge in [-0.3, -0.25) is 10.1 Å². The van der Waals surface area contributed by atoms with Crippen molar-refractivity contribution in [3.05, 3.63) is 33.9 Å². The van der Waals surface area contributed by atoms with E-state index in [1.807, 2.05) is 13.0 Å². The lowest BCUT2D eigenvalue weighted by molar-refractivity contribution is -0.384. The number of hydrogen-bond donors (Lipinski definition) is 1. The van der Waals surface area contributed by atoms with Crippen LogP contribution >= 0.6 is 0 Å². The number of hydrogen-bond acceptors (Lipinski definition) is 3. The first-order chi connectivity index (χ1) is 8.02. The molecule has 17 heavy (non-hydrogen) atoms. The van der Waals surface area contributed by atoms with E-state index in [4.69, 9.17) is 0 Å². The molecule has 0 aliphatic carbocycles. The predicted molar refractivity (Wildman–Crippen MR) is 70.4 cm³/mol. The van der Waals surface area contributed by atoms with Crippen molar-refractivity contribution >= 4 is 11.4 Å². The molecule has 0 aliphatic heterocycles. The SMILES string of the molecule is CCCCC(C)Nc1cc(C)cc([N+](=O)[O-])c1. The molecule has 1 rings (SSSR count). The summed E-state index contributed by atoms with van der Waals surface area (Å²) in [7, 11) is 0. The van der Waals surface area contributed by atoms with Crippen molar-refractivity contribution < 1.29 is 4.92 Å². The average Bonchev–Trinajstić information content (AvgIpc) is 2.25. The van der Waals surface area contributed by atoms with Crippen LogP contribution in [0.15, 0.2) is 18.2 Å². The number of nitro benzene ring substituents is 1. The maximum atomic E-state index is 10.7. The van der Waals surface area contributed by atoms with Crippen LogP contribution in [0.25, 0.3) is 0 Å². The van der Waals surface area contributed by atoms with Gasteiger partial charge in [0, 0.05) is 23.9 Å². The van der Waals surface area contributed by atoms with E-state index < -0.39 is 0 Å². The van der Waals surface area contributed by atoms with E-state index in [0.717, 1.165) is 17.7 Å². The van der Waals surface area contributed by atoms with Gasteiger partial charge in [0.05, 0.1) is 4.92 Å². The molecule has 0 radical (unpaired) electrons. The predicted octanol–water partition coefficient (Wildman–Crippen LogP) is 3.89. The van der Waals surface area contributed by atoms with Crippen LogP contribution in [0.1, 0.15) is 38.7 Å². The number of aryl methyl sites for hydroxylation is 1. The Balaban J connectivity index is 2.73. The number of rotatable bonds is 6. The van der Waals surface area contributed by atoms with Crippen molar-refractivity contribution in [2.24, 2.45) is 0 Å². The van der Waals surface area contributed by atoms with Gasteiger partial charge in [-0.25, -0.2) is 0 Å². The third-order valence-electron chi connectivity index (χ3n) is 2.68. The normalized spacial score (nSPS) is 12.2. The van der Waals surface area contributed by atoms with Gasteiger partial charge in [-0.2, -0.15) is 0 Å². The molecule has 4 nitrogen and oxygen atoms in total. The number of nitro groups is 1. The van der Waals surface area contributed by atoms with E-state index in [9.17, 15) is 10.1 Å². The summed E-state index contributed by atoms with van der Waals surface area (Å²) in [4.78, 5) is 10.4. The van der Waals surface area contributed by atoms with Gasteiger partial charge in [-0.1, -0.05) is 19.8 Å². The second kappa shape index (κ2) is 6.23. The Hall–Kier alpha value is -1.58. The zero-order valence-electron chi connectivity index (χ0n) is 10.7. The van der Waals surface area contributed by atoms with Gasteiger partial charge in [0.25, 0.3) is 5.69 Å². The molecule has 0 heterocycles. The molecule has 0 fully saturated rings. The lowest BCUT2D eigenvalue weighted by atomic mass is 10.1. The summed E-state index contributed by atoms with van der Waals surface area (Å²) >= 11 is 0. The highest BCUT2D eigenvalue weighted by atomic mass is 16.6. The molecular formula is C13H20N2O2. The molecule has 0 saturated heterocycles. The van der Waals surface area contributed by atoms with Crippen LogP contribution in [0, 0.1) is 17.0 Å². The summed E-state index contributed by atoms with van der Waals surface area (Å²) in [5.74, 6) is 0. The largest absolute Gasteiger partial charge is 0.382 e. The minimum Gasteiger partial charge on any atom is -0.382 e. The van der Waals surface area contributed by atoms with E-state index in [2.05, 4.69) is 19.2 Å². The summed E-state index contributed by atoms with van der Waals surface area (Å²) in [5.41, 5.74) is 1.89. The van der Waals surface area contributed by atoms with Crippen LogP contribution in [-0.4, -0.2) is 11.0 Å². The van der Waals surface area contributed by atoms with Gasteiger partial charge >= 0.3 is 0 Å². The molecule has 0 aliphatic rings. The third-order valence-corrected chi connectivity index (χ3v) is 2.68. The van der Waals surface area contributed by atoms with Crippen molar-refractivity contribution in [2.75, 3.05) is 5.32 Å². The number of unbranched alkanes of at least 4 members (excludes halogenated alkanes) is 1. The van der Waals surface area contributed by atoms with Crippen molar-refractivity contribution in [1.29, 1.82) is 0 Å². The fraction of sp³-hybridized carbons (Fsp3) is 0.538. The standard InChI is InChI=1S/C13H20N2O2/c1-4-5-6-11(3)14-12-7-10(2)8-13(9-12)15(16)17/h7-9,11,14H,4-6H2,1-3H3. The highest BCUT2D eigenvalue weighted by molar-refractivity contribution is 5.54. The van der Waals surface area contributed by atoms with Gasteiger partial charge in [-0.05, 0) is 31.9 Å². The summed E-state index contributed by atoms with van der Waals surface area (Å²) < 4.78 is 0. The Kier molecular flexibility index (Phi) is 4.94. The van der Waals surface area contributed by atoms with E-state index in [0.29, 0.717) is 6.04 Å². The van der Waals surface area contributed by atoms with Crippen molar-refractivity contribution in [3.8, 4) is 0 Å². The molecule has 0 bridgehead atoms. The Morgan fingerprint density at radius 2 is 2.12 bits per heavy atom. The minimum atomic E-state index is -0.352. The molecule has 0 aromatic heterocycles. The molecule has 0 spiro atoms. The van der Waals surface area contributed by atoms with Crippen molar-refractivity contribution in [1.82, 2.24) is 0 Å². The molecule has 1 unspecified atom stereocenters. The monoisotopic (exact) mass is 236 g/mol. The number of non-ortho nitro benzene ring substituents is 1. The Morgan fingerprint density at radius 1 is 1.41 bits per heavy atom. The van der Waals surface area contributed by atoms with E-state index in [-0.39, 0.29) is 10.6 Å². The second-order valence-corrected chi connectivity index (χ2v) is 4.50. The van der Waals surface area contributed by atoms with E-state index >= 15 is 0 Å². The Bertz CT molecular complexity index is 391. The van der Waals surface area contributed by atoms with Crippen LogP contribution in [-0.2, 0) is 0 Å². The number of nitrogens with zero attached hydrogens (tertiary/aromatic N) is 1. The van der Waals surface area contributed by atoms with Crippen molar-refractivity contribution in [3.63, 3.8) is 0 Å². The van der Waals surface area contributed by atoms with Crippen LogP contribution < -0.4 is 5.32 Å². The maximum absolute atomic E-state index is 10.7. The summed E-state index contributed by atoms with van der Waals surface area (Å²) in [6, 6.07) is 5.46. The number of nitrogens with one attached hydrogen (secondary N) is 1. The molecule has 0 saturated carbocycles.